The Morgan fingerprint density at radius 3 is 2.08 bits per heavy atom. The van der Waals surface area contributed by atoms with Gasteiger partial charge in [-0.1, -0.05) is 34.8 Å². The third kappa shape index (κ3) is 4.70. The molecule has 0 radical (unpaired) electrons. The molecule has 0 bridgehead atoms. The SMILES string of the molecule is Cc1cc(C(=O)C=C(c2cc(Cl)cc(Cl)c2)C(F)(F)Cl)ccc1Cl. The van der Waals surface area contributed by atoms with Gasteiger partial charge in [-0.05, 0) is 72.1 Å². The molecular formula is C17H10Cl4F2O. The largest absolute Gasteiger partial charge is 0.348 e. The van der Waals surface area contributed by atoms with Gasteiger partial charge in [0.05, 0.1) is 0 Å². The molecule has 7 heteroatoms. The minimum Gasteiger partial charge on any atom is -0.289 e. The first-order chi connectivity index (χ1) is 11.1. The zero-order chi connectivity index (χ0) is 18.1. The van der Waals surface area contributed by atoms with Gasteiger partial charge in [-0.15, -0.1) is 0 Å². The fraction of sp³-hybridized carbons (Fsp3) is 0.118. The lowest BCUT2D eigenvalue weighted by Crippen LogP contribution is -2.11. The minimum absolute atomic E-state index is 0.0356. The summed E-state index contributed by atoms with van der Waals surface area (Å²) < 4.78 is 27.6. The lowest BCUT2D eigenvalue weighted by molar-refractivity contribution is 0.104. The van der Waals surface area contributed by atoms with Crippen LogP contribution in [0, 0.1) is 6.92 Å². The second-order valence-electron chi connectivity index (χ2n) is 5.04. The molecule has 0 aliphatic carbocycles. The van der Waals surface area contributed by atoms with Crippen LogP contribution in [0.5, 0.6) is 0 Å². The number of benzene rings is 2. The quantitative estimate of drug-likeness (QED) is 0.300. The van der Waals surface area contributed by atoms with Gasteiger partial charge in [-0.2, -0.15) is 8.78 Å². The predicted octanol–water partition coefficient (Wildman–Crippen LogP) is 7.05. The molecule has 0 heterocycles. The maximum absolute atomic E-state index is 13.8. The number of alkyl halides is 3. The summed E-state index contributed by atoms with van der Waals surface area (Å²) in [4.78, 5) is 12.3. The number of hydrogen-bond donors (Lipinski definition) is 0. The van der Waals surface area contributed by atoms with Crippen LogP contribution >= 0.6 is 46.4 Å². The number of hydrogen-bond acceptors (Lipinski definition) is 1. The van der Waals surface area contributed by atoms with Crippen LogP contribution in [0.3, 0.4) is 0 Å². The van der Waals surface area contributed by atoms with E-state index in [1.54, 1.807) is 6.92 Å². The molecule has 0 amide bonds. The molecule has 0 aromatic heterocycles. The Kier molecular flexibility index (Phi) is 5.92. The fourth-order valence-electron chi connectivity index (χ4n) is 2.05. The summed E-state index contributed by atoms with van der Waals surface area (Å²) in [6, 6.07) is 8.39. The number of aryl methyl sites for hydroxylation is 1. The number of carbonyl (C=O) groups is 1. The molecule has 0 N–H and O–H groups in total. The van der Waals surface area contributed by atoms with Crippen LogP contribution in [0.15, 0.2) is 42.5 Å². The summed E-state index contributed by atoms with van der Waals surface area (Å²) in [5.41, 5.74) is 0.141. The van der Waals surface area contributed by atoms with Gasteiger partial charge in [0.25, 0.3) is 0 Å². The third-order valence-corrected chi connectivity index (χ3v) is 4.26. The highest BCUT2D eigenvalue weighted by Gasteiger charge is 2.33. The summed E-state index contributed by atoms with van der Waals surface area (Å²) in [6.45, 7) is 1.70. The molecular weight excluding hydrogens is 400 g/mol. The van der Waals surface area contributed by atoms with Crippen molar-refractivity contribution in [3.05, 3.63) is 74.2 Å². The van der Waals surface area contributed by atoms with Crippen molar-refractivity contribution in [2.45, 2.75) is 12.3 Å². The first kappa shape index (κ1) is 19.2. The minimum atomic E-state index is -3.77. The number of carbonyl (C=O) groups excluding carboxylic acids is 1. The Morgan fingerprint density at radius 1 is 1.00 bits per heavy atom. The van der Waals surface area contributed by atoms with Crippen LogP contribution in [0.25, 0.3) is 5.57 Å². The van der Waals surface area contributed by atoms with Gasteiger partial charge in [0, 0.05) is 26.2 Å². The first-order valence-corrected chi connectivity index (χ1v) is 8.15. The smallest absolute Gasteiger partial charge is 0.289 e. The lowest BCUT2D eigenvalue weighted by atomic mass is 10.0. The van der Waals surface area contributed by atoms with Crippen molar-refractivity contribution >= 4 is 57.8 Å². The van der Waals surface area contributed by atoms with Gasteiger partial charge in [0.2, 0.25) is 0 Å². The van der Waals surface area contributed by atoms with Crippen molar-refractivity contribution in [2.75, 3.05) is 0 Å². The van der Waals surface area contributed by atoms with Crippen LogP contribution in [-0.4, -0.2) is 11.2 Å². The molecule has 24 heavy (non-hydrogen) atoms. The Balaban J connectivity index is 2.53. The van der Waals surface area contributed by atoms with Crippen LogP contribution in [-0.2, 0) is 0 Å². The molecule has 2 rings (SSSR count). The maximum Gasteiger partial charge on any atom is 0.348 e. The van der Waals surface area contributed by atoms with E-state index in [4.69, 9.17) is 46.4 Å². The summed E-state index contributed by atoms with van der Waals surface area (Å²) >= 11 is 22.7. The first-order valence-electron chi connectivity index (χ1n) is 6.64. The fourth-order valence-corrected chi connectivity index (χ4v) is 2.86. The van der Waals surface area contributed by atoms with E-state index >= 15 is 0 Å². The summed E-state index contributed by atoms with van der Waals surface area (Å²) in [6.07, 6.45) is 0.775. The number of ketones is 1. The Labute approximate surface area is 157 Å². The van der Waals surface area contributed by atoms with Crippen molar-refractivity contribution in [1.82, 2.24) is 0 Å². The molecule has 0 atom stereocenters. The van der Waals surface area contributed by atoms with E-state index in [1.807, 2.05) is 0 Å². The molecule has 0 unspecified atom stereocenters. The Bertz CT molecular complexity index is 806. The van der Waals surface area contributed by atoms with E-state index in [1.165, 1.54) is 36.4 Å². The summed E-state index contributed by atoms with van der Waals surface area (Å²) in [5, 5.41) is -3.00. The second-order valence-corrected chi connectivity index (χ2v) is 6.80. The Hall–Kier alpha value is -1.13. The second kappa shape index (κ2) is 7.40. The molecule has 0 aliphatic heterocycles. The predicted molar refractivity (Wildman–Crippen MR) is 95.8 cm³/mol. The number of allylic oxidation sites excluding steroid dienone is 2. The maximum atomic E-state index is 13.8. The van der Waals surface area contributed by atoms with E-state index < -0.39 is 16.7 Å². The van der Waals surface area contributed by atoms with E-state index in [2.05, 4.69) is 0 Å². The molecule has 2 aromatic carbocycles. The molecule has 126 valence electrons. The zero-order valence-corrected chi connectivity index (χ0v) is 15.2. The van der Waals surface area contributed by atoms with E-state index in [0.29, 0.717) is 10.6 Å². The van der Waals surface area contributed by atoms with Crippen molar-refractivity contribution in [1.29, 1.82) is 0 Å². The average molecular weight is 410 g/mol. The lowest BCUT2D eigenvalue weighted by Gasteiger charge is -2.14. The summed E-state index contributed by atoms with van der Waals surface area (Å²) in [7, 11) is 0. The molecule has 2 aromatic rings. The van der Waals surface area contributed by atoms with E-state index in [0.717, 1.165) is 6.08 Å². The molecule has 0 saturated carbocycles. The third-order valence-electron chi connectivity index (χ3n) is 3.20. The van der Waals surface area contributed by atoms with E-state index in [9.17, 15) is 13.6 Å². The molecule has 0 spiro atoms. The number of rotatable bonds is 4. The van der Waals surface area contributed by atoms with Crippen molar-refractivity contribution in [3.8, 4) is 0 Å². The number of halogens is 6. The topological polar surface area (TPSA) is 17.1 Å². The van der Waals surface area contributed by atoms with Gasteiger partial charge in [-0.3, -0.25) is 4.79 Å². The highest BCUT2D eigenvalue weighted by molar-refractivity contribution is 6.35. The highest BCUT2D eigenvalue weighted by Crippen LogP contribution is 2.38. The van der Waals surface area contributed by atoms with Crippen molar-refractivity contribution in [2.24, 2.45) is 0 Å². The highest BCUT2D eigenvalue weighted by atomic mass is 35.5. The molecule has 0 fully saturated rings. The van der Waals surface area contributed by atoms with Crippen molar-refractivity contribution < 1.29 is 13.6 Å². The van der Waals surface area contributed by atoms with Gasteiger partial charge < -0.3 is 0 Å². The van der Waals surface area contributed by atoms with E-state index in [-0.39, 0.29) is 21.2 Å². The van der Waals surface area contributed by atoms with Crippen LogP contribution in [0.4, 0.5) is 8.78 Å². The monoisotopic (exact) mass is 408 g/mol. The normalized spacial score (nSPS) is 12.4. The van der Waals surface area contributed by atoms with Gasteiger partial charge >= 0.3 is 5.38 Å². The standard InChI is InChI=1S/C17H10Cl4F2O/c1-9-4-10(2-3-15(9)20)16(24)8-14(17(21,22)23)11-5-12(18)7-13(19)6-11/h2-8H,1H3. The van der Waals surface area contributed by atoms with Crippen LogP contribution in [0.2, 0.25) is 15.1 Å². The molecule has 0 aliphatic rings. The zero-order valence-electron chi connectivity index (χ0n) is 12.2. The van der Waals surface area contributed by atoms with Crippen LogP contribution < -0.4 is 0 Å². The van der Waals surface area contributed by atoms with Gasteiger partial charge in [-0.25, -0.2) is 0 Å². The van der Waals surface area contributed by atoms with Crippen LogP contribution in [0.1, 0.15) is 21.5 Å². The van der Waals surface area contributed by atoms with Gasteiger partial charge in [0.15, 0.2) is 5.78 Å². The van der Waals surface area contributed by atoms with Gasteiger partial charge in [0.1, 0.15) is 0 Å². The van der Waals surface area contributed by atoms with Crippen molar-refractivity contribution in [3.63, 3.8) is 0 Å². The summed E-state index contributed by atoms with van der Waals surface area (Å²) in [5.74, 6) is -0.638. The average Bonchev–Trinajstić information content (AvgIpc) is 2.45. The Morgan fingerprint density at radius 2 is 1.58 bits per heavy atom. The molecule has 1 nitrogen and oxygen atoms in total. The molecule has 0 saturated heterocycles.